The molecule has 1 fully saturated rings. The highest BCUT2D eigenvalue weighted by molar-refractivity contribution is 5.91. The molecule has 4 nitrogen and oxygen atoms in total. The second kappa shape index (κ2) is 6.42. The minimum Gasteiger partial charge on any atom is -0.463 e. The van der Waals surface area contributed by atoms with Gasteiger partial charge in [-0.1, -0.05) is 13.8 Å². The molecule has 0 spiro atoms. The molecule has 0 aromatic carbocycles. The average molecular weight is 240 g/mol. The summed E-state index contributed by atoms with van der Waals surface area (Å²) in [5.41, 5.74) is 0. The molecular weight excluding hydrogens is 220 g/mol. The van der Waals surface area contributed by atoms with Gasteiger partial charge in [0.25, 0.3) is 0 Å². The number of carbonyl (C=O) groups excluding carboxylic acids is 2. The van der Waals surface area contributed by atoms with Crippen molar-refractivity contribution in [2.24, 2.45) is 11.8 Å². The summed E-state index contributed by atoms with van der Waals surface area (Å²) in [4.78, 5) is 22.5. The lowest BCUT2D eigenvalue weighted by atomic mass is 10.0. The zero-order valence-corrected chi connectivity index (χ0v) is 10.6. The van der Waals surface area contributed by atoms with Crippen LogP contribution in [-0.2, 0) is 19.1 Å². The van der Waals surface area contributed by atoms with Gasteiger partial charge >= 0.3 is 11.9 Å². The molecule has 0 amide bonds. The molecule has 96 valence electrons. The van der Waals surface area contributed by atoms with E-state index in [4.69, 9.17) is 4.74 Å². The number of ether oxygens (including phenoxy) is 2. The van der Waals surface area contributed by atoms with Crippen molar-refractivity contribution in [2.45, 2.75) is 39.7 Å². The van der Waals surface area contributed by atoms with Crippen LogP contribution in [0.1, 0.15) is 33.6 Å². The molecule has 0 bridgehead atoms. The first kappa shape index (κ1) is 13.7. The van der Waals surface area contributed by atoms with E-state index < -0.39 is 11.9 Å². The molecule has 0 radical (unpaired) electrons. The summed E-state index contributed by atoms with van der Waals surface area (Å²) in [5, 5.41) is 0. The molecule has 1 saturated carbocycles. The third kappa shape index (κ3) is 4.21. The maximum absolute atomic E-state index is 11.5. The number of hydrogen-bond donors (Lipinski definition) is 0. The molecule has 0 aliphatic heterocycles. The first-order valence-corrected chi connectivity index (χ1v) is 6.10. The first-order valence-electron chi connectivity index (χ1n) is 6.10. The SMILES string of the molecule is CCOC(=O)C=CC(=O)OC1C(C)CCC1C. The Bertz CT molecular complexity index is 299. The van der Waals surface area contributed by atoms with Crippen LogP contribution in [0.25, 0.3) is 0 Å². The van der Waals surface area contributed by atoms with Crippen molar-refractivity contribution < 1.29 is 19.1 Å². The lowest BCUT2D eigenvalue weighted by molar-refractivity contribution is -0.147. The first-order chi connectivity index (χ1) is 8.04. The Hall–Kier alpha value is -1.32. The number of carbonyl (C=O) groups is 2. The van der Waals surface area contributed by atoms with E-state index in [0.717, 1.165) is 25.0 Å². The van der Waals surface area contributed by atoms with Gasteiger partial charge in [0, 0.05) is 12.2 Å². The van der Waals surface area contributed by atoms with Gasteiger partial charge in [-0.25, -0.2) is 9.59 Å². The lowest BCUT2D eigenvalue weighted by Crippen LogP contribution is -2.24. The van der Waals surface area contributed by atoms with Crippen LogP contribution >= 0.6 is 0 Å². The quantitative estimate of drug-likeness (QED) is 0.557. The normalized spacial score (nSPS) is 28.3. The number of hydrogen-bond acceptors (Lipinski definition) is 4. The minimum absolute atomic E-state index is 0.0330. The summed E-state index contributed by atoms with van der Waals surface area (Å²) in [6, 6.07) is 0. The van der Waals surface area contributed by atoms with Crippen LogP contribution in [0.5, 0.6) is 0 Å². The van der Waals surface area contributed by atoms with Gasteiger partial charge in [0.2, 0.25) is 0 Å². The largest absolute Gasteiger partial charge is 0.463 e. The summed E-state index contributed by atoms with van der Waals surface area (Å²) in [6.45, 7) is 6.17. The summed E-state index contributed by atoms with van der Waals surface area (Å²) >= 11 is 0. The van der Waals surface area contributed by atoms with Gasteiger partial charge in [0.05, 0.1) is 6.61 Å². The fourth-order valence-electron chi connectivity index (χ4n) is 2.15. The third-order valence-corrected chi connectivity index (χ3v) is 3.09. The molecule has 1 rings (SSSR count). The molecule has 0 aromatic rings. The number of esters is 2. The zero-order valence-electron chi connectivity index (χ0n) is 10.6. The fraction of sp³-hybridized carbons (Fsp3) is 0.692. The smallest absolute Gasteiger partial charge is 0.331 e. The molecular formula is C13H20O4. The van der Waals surface area contributed by atoms with Crippen molar-refractivity contribution in [3.63, 3.8) is 0 Å². The fourth-order valence-corrected chi connectivity index (χ4v) is 2.15. The Morgan fingerprint density at radius 1 is 1.12 bits per heavy atom. The Labute approximate surface area is 102 Å². The second-order valence-electron chi connectivity index (χ2n) is 4.52. The molecule has 0 heterocycles. The Morgan fingerprint density at radius 3 is 2.18 bits per heavy atom. The van der Waals surface area contributed by atoms with E-state index >= 15 is 0 Å². The lowest BCUT2D eigenvalue weighted by Gasteiger charge is -2.19. The minimum atomic E-state index is -0.517. The molecule has 0 aromatic heterocycles. The Kier molecular flexibility index (Phi) is 5.19. The van der Waals surface area contributed by atoms with Gasteiger partial charge in [0.1, 0.15) is 6.10 Å². The highest BCUT2D eigenvalue weighted by atomic mass is 16.5. The molecule has 17 heavy (non-hydrogen) atoms. The van der Waals surface area contributed by atoms with Crippen LogP contribution in [0.4, 0.5) is 0 Å². The molecule has 1 aliphatic carbocycles. The van der Waals surface area contributed by atoms with E-state index in [1.165, 1.54) is 0 Å². The topological polar surface area (TPSA) is 52.6 Å². The molecule has 2 atom stereocenters. The van der Waals surface area contributed by atoms with Gasteiger partial charge < -0.3 is 9.47 Å². The van der Waals surface area contributed by atoms with E-state index in [2.05, 4.69) is 18.6 Å². The van der Waals surface area contributed by atoms with Crippen molar-refractivity contribution in [3.05, 3.63) is 12.2 Å². The zero-order chi connectivity index (χ0) is 12.8. The summed E-state index contributed by atoms with van der Waals surface area (Å²) < 4.78 is 10.0. The van der Waals surface area contributed by atoms with E-state index in [1.54, 1.807) is 6.92 Å². The van der Waals surface area contributed by atoms with E-state index in [9.17, 15) is 9.59 Å². The predicted octanol–water partition coefficient (Wildman–Crippen LogP) is 2.08. The van der Waals surface area contributed by atoms with Crippen LogP contribution in [-0.4, -0.2) is 24.6 Å². The van der Waals surface area contributed by atoms with Gasteiger partial charge in [-0.15, -0.1) is 0 Å². The maximum atomic E-state index is 11.5. The molecule has 0 N–H and O–H groups in total. The summed E-state index contributed by atoms with van der Waals surface area (Å²) in [5.74, 6) is -0.199. The van der Waals surface area contributed by atoms with Gasteiger partial charge in [-0.2, -0.15) is 0 Å². The van der Waals surface area contributed by atoms with Crippen LogP contribution < -0.4 is 0 Å². The van der Waals surface area contributed by atoms with Crippen molar-refractivity contribution >= 4 is 11.9 Å². The average Bonchev–Trinajstić information content (AvgIpc) is 2.58. The predicted molar refractivity (Wildman–Crippen MR) is 63.2 cm³/mol. The molecule has 1 aliphatic rings. The van der Waals surface area contributed by atoms with Crippen molar-refractivity contribution in [2.75, 3.05) is 6.61 Å². The second-order valence-corrected chi connectivity index (χ2v) is 4.52. The van der Waals surface area contributed by atoms with Crippen molar-refractivity contribution in [1.82, 2.24) is 0 Å². The Morgan fingerprint density at radius 2 is 1.65 bits per heavy atom. The summed E-state index contributed by atoms with van der Waals surface area (Å²) in [7, 11) is 0. The standard InChI is InChI=1S/C13H20O4/c1-4-16-11(14)7-8-12(15)17-13-9(2)5-6-10(13)3/h7-10,13H,4-6H2,1-3H3. The monoisotopic (exact) mass is 240 g/mol. The highest BCUT2D eigenvalue weighted by Crippen LogP contribution is 2.32. The molecule has 4 heteroatoms. The van der Waals surface area contributed by atoms with E-state index in [0.29, 0.717) is 18.4 Å². The van der Waals surface area contributed by atoms with Crippen LogP contribution in [0.3, 0.4) is 0 Å². The maximum Gasteiger partial charge on any atom is 0.331 e. The summed E-state index contributed by atoms with van der Waals surface area (Å²) in [6.07, 6.45) is 4.38. The number of rotatable bonds is 4. The van der Waals surface area contributed by atoms with Gasteiger partial charge in [0.15, 0.2) is 0 Å². The van der Waals surface area contributed by atoms with Gasteiger partial charge in [-0.3, -0.25) is 0 Å². The highest BCUT2D eigenvalue weighted by Gasteiger charge is 2.32. The third-order valence-electron chi connectivity index (χ3n) is 3.09. The van der Waals surface area contributed by atoms with Crippen LogP contribution in [0, 0.1) is 11.8 Å². The van der Waals surface area contributed by atoms with E-state index in [-0.39, 0.29) is 6.10 Å². The van der Waals surface area contributed by atoms with Crippen LogP contribution in [0.15, 0.2) is 12.2 Å². The van der Waals surface area contributed by atoms with E-state index in [1.807, 2.05) is 0 Å². The Balaban J connectivity index is 2.41. The molecule has 2 unspecified atom stereocenters. The van der Waals surface area contributed by atoms with Crippen molar-refractivity contribution in [1.29, 1.82) is 0 Å². The van der Waals surface area contributed by atoms with Crippen molar-refractivity contribution in [3.8, 4) is 0 Å². The molecule has 0 saturated heterocycles. The van der Waals surface area contributed by atoms with Gasteiger partial charge in [-0.05, 0) is 31.6 Å². The van der Waals surface area contributed by atoms with Crippen LogP contribution in [0.2, 0.25) is 0 Å².